The Morgan fingerprint density at radius 2 is 1.85 bits per heavy atom. The van der Waals surface area contributed by atoms with Gasteiger partial charge >= 0.3 is 0 Å². The monoisotopic (exact) mass is 194 g/mol. The van der Waals surface area contributed by atoms with E-state index in [-0.39, 0.29) is 0 Å². The number of rotatable bonds is 5. The average molecular weight is 194 g/mol. The largest absolute Gasteiger partial charge is 0.393 e. The summed E-state index contributed by atoms with van der Waals surface area (Å²) in [7, 11) is 0. The Balaban J connectivity index is 4.41. The van der Waals surface area contributed by atoms with E-state index in [0.717, 1.165) is 6.92 Å². The smallest absolute Gasteiger partial charge is 0.189 e. The highest BCUT2D eigenvalue weighted by molar-refractivity contribution is 5.84. The summed E-state index contributed by atoms with van der Waals surface area (Å²) in [6.45, 7) is -0.671. The normalized spacial score (nSPS) is 20.5. The van der Waals surface area contributed by atoms with E-state index in [1.165, 1.54) is 0 Å². The number of hydrogen-bond acceptors (Lipinski definition) is 6. The van der Waals surface area contributed by atoms with Gasteiger partial charge in [0.1, 0.15) is 24.4 Å². The third kappa shape index (κ3) is 3.02. The van der Waals surface area contributed by atoms with Gasteiger partial charge in [-0.3, -0.25) is 4.79 Å². The molecule has 5 N–H and O–H groups in total. The van der Waals surface area contributed by atoms with Crippen LogP contribution in [0.2, 0.25) is 0 Å². The van der Waals surface area contributed by atoms with Crippen LogP contribution in [-0.2, 0) is 4.79 Å². The van der Waals surface area contributed by atoms with Gasteiger partial charge in [-0.15, -0.1) is 0 Å². The lowest BCUT2D eigenvalue weighted by atomic mass is 9.94. The molecule has 0 aromatic heterocycles. The van der Waals surface area contributed by atoms with Crippen LogP contribution in [0.5, 0.6) is 0 Å². The van der Waals surface area contributed by atoms with Gasteiger partial charge in [0, 0.05) is 0 Å². The summed E-state index contributed by atoms with van der Waals surface area (Å²) in [6, 6.07) is 0. The van der Waals surface area contributed by atoms with Gasteiger partial charge < -0.3 is 25.5 Å². The molecule has 0 aliphatic rings. The third-order valence-electron chi connectivity index (χ3n) is 1.74. The Kier molecular flexibility index (Phi) is 4.45. The number of aliphatic hydroxyl groups is 5. The molecule has 0 rings (SSSR count). The Hall–Kier alpha value is -0.530. The van der Waals surface area contributed by atoms with Crippen molar-refractivity contribution in [1.29, 1.82) is 0 Å². The van der Waals surface area contributed by atoms with Crippen LogP contribution in [0.1, 0.15) is 6.92 Å². The van der Waals surface area contributed by atoms with E-state index in [1.54, 1.807) is 0 Å². The lowest BCUT2D eigenvalue weighted by Crippen LogP contribution is -2.52. The van der Waals surface area contributed by atoms with Crippen LogP contribution in [-0.4, -0.2) is 62.3 Å². The van der Waals surface area contributed by atoms with Crippen molar-refractivity contribution in [2.45, 2.75) is 24.7 Å². The van der Waals surface area contributed by atoms with Gasteiger partial charge in [-0.05, 0) is 6.92 Å². The second-order valence-corrected chi connectivity index (χ2v) is 3.03. The second-order valence-electron chi connectivity index (χ2n) is 3.03. The van der Waals surface area contributed by atoms with Crippen molar-refractivity contribution in [3.8, 4) is 0 Å². The first kappa shape index (κ1) is 12.5. The standard InChI is InChI=1S/C7H14O6/c1-7(13,3-9)6(12)5(11)4(10)2-8/h5-6,8-9,11-13H,2-3H2,1H3/t5-,6+,7-/m0/s1. The summed E-state index contributed by atoms with van der Waals surface area (Å²) in [5, 5.41) is 44.3. The Morgan fingerprint density at radius 1 is 1.38 bits per heavy atom. The van der Waals surface area contributed by atoms with Crippen LogP contribution >= 0.6 is 0 Å². The van der Waals surface area contributed by atoms with Crippen molar-refractivity contribution in [1.82, 2.24) is 0 Å². The fourth-order valence-corrected chi connectivity index (χ4v) is 0.703. The molecule has 0 heterocycles. The lowest BCUT2D eigenvalue weighted by Gasteiger charge is -2.29. The van der Waals surface area contributed by atoms with Gasteiger partial charge in [-0.25, -0.2) is 0 Å². The quantitative estimate of drug-likeness (QED) is 0.318. The number of hydrogen-bond donors (Lipinski definition) is 5. The molecular weight excluding hydrogens is 180 g/mol. The summed E-state index contributed by atoms with van der Waals surface area (Å²) in [5.74, 6) is -1.01. The van der Waals surface area contributed by atoms with Crippen molar-refractivity contribution < 1.29 is 30.3 Å². The molecule has 78 valence electrons. The van der Waals surface area contributed by atoms with Gasteiger partial charge in [0.15, 0.2) is 5.78 Å². The van der Waals surface area contributed by atoms with E-state index >= 15 is 0 Å². The Labute approximate surface area is 75.1 Å². The first-order valence-electron chi connectivity index (χ1n) is 3.69. The molecule has 0 fully saturated rings. The van der Waals surface area contributed by atoms with Crippen LogP contribution < -0.4 is 0 Å². The molecule has 13 heavy (non-hydrogen) atoms. The first-order chi connectivity index (χ1) is 5.86. The van der Waals surface area contributed by atoms with E-state index in [9.17, 15) is 9.90 Å². The molecular formula is C7H14O6. The van der Waals surface area contributed by atoms with Crippen LogP contribution in [0, 0.1) is 0 Å². The van der Waals surface area contributed by atoms with E-state index in [4.69, 9.17) is 20.4 Å². The van der Waals surface area contributed by atoms with E-state index in [1.807, 2.05) is 0 Å². The van der Waals surface area contributed by atoms with Crippen LogP contribution in [0.15, 0.2) is 0 Å². The number of ketones is 1. The van der Waals surface area contributed by atoms with Gasteiger partial charge in [-0.2, -0.15) is 0 Å². The van der Waals surface area contributed by atoms with Crippen LogP contribution in [0.3, 0.4) is 0 Å². The maximum atomic E-state index is 10.7. The van der Waals surface area contributed by atoms with Crippen LogP contribution in [0.25, 0.3) is 0 Å². The van der Waals surface area contributed by atoms with E-state index in [2.05, 4.69) is 0 Å². The van der Waals surface area contributed by atoms with E-state index < -0.39 is 36.8 Å². The summed E-state index contributed by atoms with van der Waals surface area (Å²) >= 11 is 0. The SMILES string of the molecule is C[C@](O)(CO)[C@H](O)[C@@H](O)C(=O)CO. The average Bonchev–Trinajstić information content (AvgIpc) is 2.14. The summed E-state index contributed by atoms with van der Waals surface area (Å²) in [5.41, 5.74) is -1.97. The molecule has 0 aliphatic heterocycles. The molecule has 3 atom stereocenters. The highest BCUT2D eigenvalue weighted by Gasteiger charge is 2.38. The van der Waals surface area contributed by atoms with Gasteiger partial charge in [0.2, 0.25) is 0 Å². The lowest BCUT2D eigenvalue weighted by molar-refractivity contribution is -0.158. The Morgan fingerprint density at radius 3 is 2.15 bits per heavy atom. The fraction of sp³-hybridized carbons (Fsp3) is 0.857. The van der Waals surface area contributed by atoms with Crippen molar-refractivity contribution >= 4 is 5.78 Å². The molecule has 6 nitrogen and oxygen atoms in total. The minimum Gasteiger partial charge on any atom is -0.393 e. The fourth-order valence-electron chi connectivity index (χ4n) is 0.703. The molecule has 0 radical (unpaired) electrons. The molecule has 0 unspecified atom stereocenters. The second kappa shape index (κ2) is 4.64. The Bertz CT molecular complexity index is 178. The highest BCUT2D eigenvalue weighted by Crippen LogP contribution is 2.12. The number of carbonyl (C=O) groups is 1. The number of carbonyl (C=O) groups excluding carboxylic acids is 1. The molecule has 0 aliphatic carbocycles. The number of Topliss-reactive ketones (excluding diaryl/α,β-unsaturated/α-hetero) is 1. The topological polar surface area (TPSA) is 118 Å². The zero-order chi connectivity index (χ0) is 10.6. The van der Waals surface area contributed by atoms with Crippen molar-refractivity contribution in [3.05, 3.63) is 0 Å². The van der Waals surface area contributed by atoms with Crippen molar-refractivity contribution in [2.75, 3.05) is 13.2 Å². The summed E-state index contributed by atoms with van der Waals surface area (Å²) in [4.78, 5) is 10.7. The zero-order valence-corrected chi connectivity index (χ0v) is 7.21. The molecule has 0 bridgehead atoms. The van der Waals surface area contributed by atoms with Crippen molar-refractivity contribution in [3.63, 3.8) is 0 Å². The molecule has 0 aromatic rings. The molecule has 0 saturated heterocycles. The minimum absolute atomic E-state index is 0.802. The van der Waals surface area contributed by atoms with Crippen LogP contribution in [0.4, 0.5) is 0 Å². The predicted octanol–water partition coefficient (Wildman–Crippen LogP) is -2.99. The summed E-state index contributed by atoms with van der Waals surface area (Å²) < 4.78 is 0. The maximum absolute atomic E-state index is 10.7. The number of aliphatic hydroxyl groups excluding tert-OH is 4. The predicted molar refractivity (Wildman–Crippen MR) is 41.8 cm³/mol. The molecule has 0 amide bonds. The van der Waals surface area contributed by atoms with E-state index in [0.29, 0.717) is 0 Å². The van der Waals surface area contributed by atoms with Gasteiger partial charge in [0.05, 0.1) is 6.61 Å². The first-order valence-corrected chi connectivity index (χ1v) is 3.69. The molecule has 0 saturated carbocycles. The zero-order valence-electron chi connectivity index (χ0n) is 7.21. The maximum Gasteiger partial charge on any atom is 0.189 e. The third-order valence-corrected chi connectivity index (χ3v) is 1.74. The summed E-state index contributed by atoms with van der Waals surface area (Å²) in [6.07, 6.45) is -3.72. The molecule has 6 heteroatoms. The molecule has 0 spiro atoms. The highest BCUT2D eigenvalue weighted by atomic mass is 16.4. The van der Waals surface area contributed by atoms with Gasteiger partial charge in [-0.1, -0.05) is 0 Å². The molecule has 0 aromatic carbocycles. The minimum atomic E-state index is -1.97. The van der Waals surface area contributed by atoms with Gasteiger partial charge in [0.25, 0.3) is 0 Å². The van der Waals surface area contributed by atoms with Crippen molar-refractivity contribution in [2.24, 2.45) is 0 Å².